The highest BCUT2D eigenvalue weighted by molar-refractivity contribution is 6.02. The molecule has 1 aromatic carbocycles. The van der Waals surface area contributed by atoms with Gasteiger partial charge in [0.05, 0.1) is 17.5 Å². The van der Waals surface area contributed by atoms with Crippen molar-refractivity contribution >= 4 is 5.78 Å². The number of ether oxygens (including phenoxy) is 1. The van der Waals surface area contributed by atoms with Crippen LogP contribution in [0.15, 0.2) is 73.1 Å². The van der Waals surface area contributed by atoms with Crippen LogP contribution in [0.25, 0.3) is 0 Å². The van der Waals surface area contributed by atoms with E-state index in [-0.39, 0.29) is 5.78 Å². The number of nitrogens with zero attached hydrogens (tertiary/aromatic N) is 3. The van der Waals surface area contributed by atoms with Crippen LogP contribution >= 0.6 is 0 Å². The van der Waals surface area contributed by atoms with Crippen molar-refractivity contribution < 1.29 is 9.53 Å². The summed E-state index contributed by atoms with van der Waals surface area (Å²) in [5.74, 6) is -0.562. The third kappa shape index (κ3) is 4.06. The largest absolute Gasteiger partial charge is 0.487 e. The van der Waals surface area contributed by atoms with Crippen molar-refractivity contribution in [2.45, 2.75) is 12.5 Å². The third-order valence-electron chi connectivity index (χ3n) is 3.63. The monoisotopic (exact) mass is 329 g/mol. The van der Waals surface area contributed by atoms with E-state index in [1.807, 2.05) is 24.3 Å². The lowest BCUT2D eigenvalue weighted by Gasteiger charge is -2.09. The zero-order valence-electron chi connectivity index (χ0n) is 13.4. The van der Waals surface area contributed by atoms with Crippen molar-refractivity contribution in [1.29, 1.82) is 5.26 Å². The molecule has 0 saturated carbocycles. The van der Waals surface area contributed by atoms with E-state index in [0.717, 1.165) is 5.69 Å². The van der Waals surface area contributed by atoms with Gasteiger partial charge in [0.1, 0.15) is 12.4 Å². The molecule has 0 saturated heterocycles. The van der Waals surface area contributed by atoms with Crippen molar-refractivity contribution in [1.82, 2.24) is 9.97 Å². The summed E-state index contributed by atoms with van der Waals surface area (Å²) in [7, 11) is 0. The van der Waals surface area contributed by atoms with Crippen LogP contribution in [0.1, 0.15) is 27.7 Å². The van der Waals surface area contributed by atoms with E-state index >= 15 is 0 Å². The Labute approximate surface area is 145 Å². The molecule has 0 radical (unpaired) electrons. The number of hydrogen-bond donors (Lipinski definition) is 0. The summed E-state index contributed by atoms with van der Waals surface area (Å²) in [6.45, 7) is 0.350. The molecule has 2 aromatic heterocycles. The van der Waals surface area contributed by atoms with Gasteiger partial charge in [-0.05, 0) is 48.5 Å². The number of aromatic nitrogens is 2. The zero-order valence-corrected chi connectivity index (χ0v) is 13.4. The van der Waals surface area contributed by atoms with Gasteiger partial charge in [-0.2, -0.15) is 5.26 Å². The van der Waals surface area contributed by atoms with E-state index in [0.29, 0.717) is 23.6 Å². The Balaban J connectivity index is 1.69. The number of ketones is 1. The van der Waals surface area contributed by atoms with Gasteiger partial charge >= 0.3 is 0 Å². The van der Waals surface area contributed by atoms with Crippen LogP contribution < -0.4 is 4.74 Å². The van der Waals surface area contributed by atoms with Crippen LogP contribution in [0.3, 0.4) is 0 Å². The first kappa shape index (κ1) is 16.3. The standard InChI is InChI=1S/C20H15N3O2/c21-13-18(19-6-2-4-12-23-19)20(24)15-7-9-17(10-8-15)25-14-16-5-1-3-11-22-16/h1-12,18H,14H2/t18-/m0/s1. The molecule has 5 heteroatoms. The molecule has 122 valence electrons. The third-order valence-corrected chi connectivity index (χ3v) is 3.63. The van der Waals surface area contributed by atoms with Gasteiger partial charge in [0.15, 0.2) is 11.7 Å². The molecule has 0 amide bonds. The molecule has 0 fully saturated rings. The van der Waals surface area contributed by atoms with Gasteiger partial charge in [-0.1, -0.05) is 12.1 Å². The number of rotatable bonds is 6. The van der Waals surface area contributed by atoms with E-state index in [4.69, 9.17) is 4.74 Å². The normalized spacial score (nSPS) is 11.3. The fourth-order valence-electron chi connectivity index (χ4n) is 2.33. The molecule has 3 aromatic rings. The molecule has 0 aliphatic carbocycles. The van der Waals surface area contributed by atoms with Gasteiger partial charge in [0, 0.05) is 18.0 Å². The highest BCUT2D eigenvalue weighted by atomic mass is 16.5. The molecule has 5 nitrogen and oxygen atoms in total. The molecule has 0 aliphatic rings. The lowest BCUT2D eigenvalue weighted by Crippen LogP contribution is -2.12. The predicted molar refractivity (Wildman–Crippen MR) is 91.9 cm³/mol. The number of carbonyl (C=O) groups is 1. The Morgan fingerprint density at radius 3 is 2.32 bits per heavy atom. The van der Waals surface area contributed by atoms with Crippen molar-refractivity contribution in [3.05, 3.63) is 90.0 Å². The number of nitriles is 1. The highest BCUT2D eigenvalue weighted by Crippen LogP contribution is 2.21. The first-order chi connectivity index (χ1) is 12.3. The molecule has 1 atom stereocenters. The fourth-order valence-corrected chi connectivity index (χ4v) is 2.33. The SMILES string of the molecule is N#C[C@H](C(=O)c1ccc(OCc2ccccn2)cc1)c1ccccn1. The quantitative estimate of drug-likeness (QED) is 0.646. The molecule has 0 bridgehead atoms. The fraction of sp³-hybridized carbons (Fsp3) is 0.100. The minimum Gasteiger partial charge on any atom is -0.487 e. The summed E-state index contributed by atoms with van der Waals surface area (Å²) in [6, 6.07) is 19.6. The highest BCUT2D eigenvalue weighted by Gasteiger charge is 2.22. The topological polar surface area (TPSA) is 75.9 Å². The number of pyridine rings is 2. The van der Waals surface area contributed by atoms with Gasteiger partial charge in [0.25, 0.3) is 0 Å². The van der Waals surface area contributed by atoms with Crippen LogP contribution in [-0.2, 0) is 6.61 Å². The van der Waals surface area contributed by atoms with E-state index in [1.165, 1.54) is 0 Å². The van der Waals surface area contributed by atoms with E-state index in [9.17, 15) is 10.1 Å². The Kier molecular flexibility index (Phi) is 5.13. The van der Waals surface area contributed by atoms with Gasteiger partial charge in [0.2, 0.25) is 0 Å². The second kappa shape index (κ2) is 7.84. The molecule has 0 spiro atoms. The van der Waals surface area contributed by atoms with E-state index in [2.05, 4.69) is 9.97 Å². The Morgan fingerprint density at radius 1 is 1.00 bits per heavy atom. The lowest BCUT2D eigenvalue weighted by atomic mass is 9.95. The van der Waals surface area contributed by atoms with Gasteiger partial charge < -0.3 is 4.74 Å². The summed E-state index contributed by atoms with van der Waals surface area (Å²) in [4.78, 5) is 20.8. The first-order valence-corrected chi connectivity index (χ1v) is 7.75. The van der Waals surface area contributed by atoms with Crippen molar-refractivity contribution in [2.75, 3.05) is 0 Å². The average molecular weight is 329 g/mol. The van der Waals surface area contributed by atoms with Gasteiger partial charge in [-0.15, -0.1) is 0 Å². The minimum absolute atomic E-state index is 0.280. The van der Waals surface area contributed by atoms with E-state index in [1.54, 1.807) is 54.9 Å². The van der Waals surface area contributed by atoms with Crippen molar-refractivity contribution in [3.63, 3.8) is 0 Å². The van der Waals surface area contributed by atoms with Crippen LogP contribution in [0.4, 0.5) is 0 Å². The minimum atomic E-state index is -0.915. The summed E-state index contributed by atoms with van der Waals surface area (Å²) >= 11 is 0. The molecular formula is C20H15N3O2. The molecule has 25 heavy (non-hydrogen) atoms. The Morgan fingerprint density at radius 2 is 1.72 bits per heavy atom. The molecule has 3 rings (SSSR count). The predicted octanol–water partition coefficient (Wildman–Crippen LogP) is 3.55. The maximum Gasteiger partial charge on any atom is 0.186 e. The van der Waals surface area contributed by atoms with E-state index < -0.39 is 5.92 Å². The van der Waals surface area contributed by atoms with Crippen LogP contribution in [-0.4, -0.2) is 15.8 Å². The zero-order chi connectivity index (χ0) is 17.5. The number of carbonyl (C=O) groups excluding carboxylic acids is 1. The van der Waals surface area contributed by atoms with Gasteiger partial charge in [-0.3, -0.25) is 14.8 Å². The van der Waals surface area contributed by atoms with Gasteiger partial charge in [-0.25, -0.2) is 0 Å². The molecule has 0 aliphatic heterocycles. The lowest BCUT2D eigenvalue weighted by molar-refractivity contribution is 0.0977. The smallest absolute Gasteiger partial charge is 0.186 e. The summed E-state index contributed by atoms with van der Waals surface area (Å²) in [6.07, 6.45) is 3.28. The molecule has 2 heterocycles. The number of benzene rings is 1. The number of Topliss-reactive ketones (excluding diaryl/α,β-unsaturated/α-hetero) is 1. The Hall–Kier alpha value is -3.52. The summed E-state index contributed by atoms with van der Waals surface area (Å²) < 4.78 is 5.65. The van der Waals surface area contributed by atoms with Crippen molar-refractivity contribution in [3.8, 4) is 11.8 Å². The second-order valence-corrected chi connectivity index (χ2v) is 5.32. The molecule has 0 unspecified atom stereocenters. The first-order valence-electron chi connectivity index (χ1n) is 7.75. The van der Waals surface area contributed by atoms with Crippen LogP contribution in [0, 0.1) is 11.3 Å². The number of hydrogen-bond acceptors (Lipinski definition) is 5. The van der Waals surface area contributed by atoms with Crippen LogP contribution in [0.5, 0.6) is 5.75 Å². The molecule has 0 N–H and O–H groups in total. The van der Waals surface area contributed by atoms with Crippen LogP contribution in [0.2, 0.25) is 0 Å². The Bertz CT molecular complexity index is 872. The maximum atomic E-state index is 12.6. The molecular weight excluding hydrogens is 314 g/mol. The second-order valence-electron chi connectivity index (χ2n) is 5.32. The maximum absolute atomic E-state index is 12.6. The van der Waals surface area contributed by atoms with Crippen molar-refractivity contribution in [2.24, 2.45) is 0 Å². The average Bonchev–Trinajstić information content (AvgIpc) is 2.69. The summed E-state index contributed by atoms with van der Waals surface area (Å²) in [5.41, 5.74) is 1.72. The summed E-state index contributed by atoms with van der Waals surface area (Å²) in [5, 5.41) is 9.33.